The zero-order chi connectivity index (χ0) is 10.8. The molecule has 0 atom stereocenters. The van der Waals surface area contributed by atoms with E-state index in [9.17, 15) is 4.79 Å². The Bertz CT molecular complexity index is 359. The summed E-state index contributed by atoms with van der Waals surface area (Å²) in [5, 5.41) is 0. The summed E-state index contributed by atoms with van der Waals surface area (Å²) in [4.78, 5) is 11.2. The quantitative estimate of drug-likeness (QED) is 0.694. The van der Waals surface area contributed by atoms with Crippen molar-refractivity contribution in [1.29, 1.82) is 0 Å². The molecule has 1 aromatic heterocycles. The van der Waals surface area contributed by atoms with Crippen LogP contribution in [-0.2, 0) is 6.42 Å². The summed E-state index contributed by atoms with van der Waals surface area (Å²) in [7, 11) is 0. The van der Waals surface area contributed by atoms with Gasteiger partial charge in [0.05, 0.1) is 5.69 Å². The summed E-state index contributed by atoms with van der Waals surface area (Å²) < 4.78 is 2.26. The van der Waals surface area contributed by atoms with Crippen molar-refractivity contribution in [3.8, 4) is 0 Å². The zero-order valence-corrected chi connectivity index (χ0v) is 9.62. The average molecular weight is 205 g/mol. The predicted octanol–water partition coefficient (Wildman–Crippen LogP) is 3.29. The van der Waals surface area contributed by atoms with Gasteiger partial charge in [0.1, 0.15) is 0 Å². The molecule has 0 aliphatic heterocycles. The maximum absolute atomic E-state index is 11.2. The Kier molecular flexibility index (Phi) is 2.94. The minimum absolute atomic E-state index is 0.575. The summed E-state index contributed by atoms with van der Waals surface area (Å²) >= 11 is 0. The lowest BCUT2D eigenvalue weighted by Gasteiger charge is -2.16. The predicted molar refractivity (Wildman–Crippen MR) is 61.4 cm³/mol. The summed E-state index contributed by atoms with van der Waals surface area (Å²) in [6, 6.07) is 2.74. The first-order valence-electron chi connectivity index (χ1n) is 5.93. The van der Waals surface area contributed by atoms with Gasteiger partial charge in [-0.25, -0.2) is 0 Å². The second-order valence-electron chi connectivity index (χ2n) is 4.48. The molecule has 82 valence electrons. The van der Waals surface area contributed by atoms with Gasteiger partial charge in [-0.05, 0) is 37.8 Å². The van der Waals surface area contributed by atoms with Crippen LogP contribution in [0.25, 0.3) is 0 Å². The highest BCUT2D eigenvalue weighted by molar-refractivity contribution is 5.75. The number of rotatable bonds is 3. The first kappa shape index (κ1) is 10.5. The number of nitrogens with zero attached hydrogens (tertiary/aromatic N) is 1. The largest absolute Gasteiger partial charge is 0.339 e. The molecule has 1 aromatic rings. The Morgan fingerprint density at radius 1 is 1.47 bits per heavy atom. The van der Waals surface area contributed by atoms with Gasteiger partial charge in [0.25, 0.3) is 0 Å². The molecular weight excluding hydrogens is 186 g/mol. The first-order valence-corrected chi connectivity index (χ1v) is 5.93. The molecule has 0 unspecified atom stereocenters. The van der Waals surface area contributed by atoms with Gasteiger partial charge < -0.3 is 4.57 Å². The molecule has 2 rings (SSSR count). The minimum atomic E-state index is 0.575. The summed E-state index contributed by atoms with van der Waals surface area (Å²) in [5.41, 5.74) is 3.37. The lowest BCUT2D eigenvalue weighted by molar-refractivity contribution is 0.111. The van der Waals surface area contributed by atoms with Crippen LogP contribution >= 0.6 is 0 Å². The fourth-order valence-electron chi connectivity index (χ4n) is 2.80. The van der Waals surface area contributed by atoms with Crippen LogP contribution in [0, 0.1) is 6.92 Å². The van der Waals surface area contributed by atoms with Crippen LogP contribution < -0.4 is 0 Å². The smallest absolute Gasteiger partial charge is 0.166 e. The van der Waals surface area contributed by atoms with E-state index in [0.717, 1.165) is 18.4 Å². The van der Waals surface area contributed by atoms with Crippen LogP contribution in [0.2, 0.25) is 0 Å². The third-order valence-corrected chi connectivity index (χ3v) is 3.53. The van der Waals surface area contributed by atoms with Crippen molar-refractivity contribution >= 4 is 6.29 Å². The third kappa shape index (κ3) is 1.73. The van der Waals surface area contributed by atoms with E-state index in [1.165, 1.54) is 36.9 Å². The second-order valence-corrected chi connectivity index (χ2v) is 4.48. The molecule has 0 saturated heterocycles. The molecule has 2 heteroatoms. The van der Waals surface area contributed by atoms with Gasteiger partial charge in [-0.3, -0.25) is 4.79 Å². The van der Waals surface area contributed by atoms with Crippen molar-refractivity contribution in [2.24, 2.45) is 0 Å². The molecule has 2 nitrogen and oxygen atoms in total. The standard InChI is InChI=1S/C13H19NO/c1-3-11-8-10(2)14(13(11)9-15)12-6-4-5-7-12/h8-9,12H,3-7H2,1-2H3. The number of aromatic nitrogens is 1. The summed E-state index contributed by atoms with van der Waals surface area (Å²) in [5.74, 6) is 0. The normalized spacial score (nSPS) is 17.2. The van der Waals surface area contributed by atoms with Gasteiger partial charge in [0, 0.05) is 11.7 Å². The maximum Gasteiger partial charge on any atom is 0.166 e. The van der Waals surface area contributed by atoms with Crippen molar-refractivity contribution in [1.82, 2.24) is 4.57 Å². The SMILES string of the molecule is CCc1cc(C)n(C2CCCC2)c1C=O. The van der Waals surface area contributed by atoms with E-state index in [2.05, 4.69) is 24.5 Å². The van der Waals surface area contributed by atoms with E-state index >= 15 is 0 Å². The summed E-state index contributed by atoms with van der Waals surface area (Å²) in [6.07, 6.45) is 7.07. The highest BCUT2D eigenvalue weighted by Gasteiger charge is 2.22. The topological polar surface area (TPSA) is 22.0 Å². The number of hydrogen-bond donors (Lipinski definition) is 0. The Labute approximate surface area is 91.3 Å². The first-order chi connectivity index (χ1) is 7.27. The lowest BCUT2D eigenvalue weighted by atomic mass is 10.2. The molecule has 0 aromatic carbocycles. The number of hydrogen-bond acceptors (Lipinski definition) is 1. The van der Waals surface area contributed by atoms with E-state index in [1.807, 2.05) is 0 Å². The molecule has 0 radical (unpaired) electrons. The number of carbonyl (C=O) groups is 1. The molecule has 1 heterocycles. The van der Waals surface area contributed by atoms with Crippen LogP contribution in [-0.4, -0.2) is 10.9 Å². The Morgan fingerprint density at radius 3 is 2.67 bits per heavy atom. The molecule has 0 N–H and O–H groups in total. The van der Waals surface area contributed by atoms with Gasteiger partial charge in [0.15, 0.2) is 6.29 Å². The average Bonchev–Trinajstić information content (AvgIpc) is 2.83. The fourth-order valence-corrected chi connectivity index (χ4v) is 2.80. The monoisotopic (exact) mass is 205 g/mol. The highest BCUT2D eigenvalue weighted by Crippen LogP contribution is 2.33. The van der Waals surface area contributed by atoms with Crippen molar-refractivity contribution in [3.05, 3.63) is 23.0 Å². The lowest BCUT2D eigenvalue weighted by Crippen LogP contribution is -2.10. The molecule has 0 spiro atoms. The van der Waals surface area contributed by atoms with Crippen molar-refractivity contribution in [2.45, 2.75) is 52.0 Å². The molecule has 1 aliphatic rings. The number of carbonyl (C=O) groups excluding carboxylic acids is 1. The van der Waals surface area contributed by atoms with Crippen LogP contribution in [0.15, 0.2) is 6.07 Å². The molecule has 1 aliphatic carbocycles. The molecule has 1 fully saturated rings. The second kappa shape index (κ2) is 4.21. The summed E-state index contributed by atoms with van der Waals surface area (Å²) in [6.45, 7) is 4.23. The van der Waals surface area contributed by atoms with E-state index in [-0.39, 0.29) is 0 Å². The van der Waals surface area contributed by atoms with Gasteiger partial charge in [0.2, 0.25) is 0 Å². The minimum Gasteiger partial charge on any atom is -0.339 e. The van der Waals surface area contributed by atoms with Crippen LogP contribution in [0.4, 0.5) is 0 Å². The van der Waals surface area contributed by atoms with Crippen molar-refractivity contribution < 1.29 is 4.79 Å². The van der Waals surface area contributed by atoms with E-state index in [0.29, 0.717) is 6.04 Å². The third-order valence-electron chi connectivity index (χ3n) is 3.53. The molecule has 0 bridgehead atoms. The molecule has 15 heavy (non-hydrogen) atoms. The Morgan fingerprint density at radius 2 is 2.13 bits per heavy atom. The van der Waals surface area contributed by atoms with Crippen molar-refractivity contribution in [2.75, 3.05) is 0 Å². The van der Waals surface area contributed by atoms with Crippen LogP contribution in [0.1, 0.15) is 60.4 Å². The van der Waals surface area contributed by atoms with E-state index in [1.54, 1.807) is 0 Å². The van der Waals surface area contributed by atoms with Gasteiger partial charge in [-0.1, -0.05) is 19.8 Å². The van der Waals surface area contributed by atoms with Crippen LogP contribution in [0.3, 0.4) is 0 Å². The highest BCUT2D eigenvalue weighted by atomic mass is 16.1. The maximum atomic E-state index is 11.2. The van der Waals surface area contributed by atoms with Gasteiger partial charge in [-0.15, -0.1) is 0 Å². The Hall–Kier alpha value is -1.05. The number of aryl methyl sites for hydroxylation is 2. The van der Waals surface area contributed by atoms with Crippen LogP contribution in [0.5, 0.6) is 0 Å². The molecular formula is C13H19NO. The van der Waals surface area contributed by atoms with E-state index < -0.39 is 0 Å². The van der Waals surface area contributed by atoms with Gasteiger partial charge >= 0.3 is 0 Å². The molecule has 1 saturated carbocycles. The number of aldehydes is 1. The van der Waals surface area contributed by atoms with E-state index in [4.69, 9.17) is 0 Å². The Balaban J connectivity index is 2.43. The zero-order valence-electron chi connectivity index (χ0n) is 9.62. The fraction of sp³-hybridized carbons (Fsp3) is 0.615. The van der Waals surface area contributed by atoms with Gasteiger partial charge in [-0.2, -0.15) is 0 Å². The van der Waals surface area contributed by atoms with Crippen molar-refractivity contribution in [3.63, 3.8) is 0 Å². The molecule has 0 amide bonds.